The minimum absolute atomic E-state index is 0.0419. The van der Waals surface area contributed by atoms with E-state index in [0.717, 1.165) is 4.90 Å². The fourth-order valence-electron chi connectivity index (χ4n) is 3.03. The van der Waals surface area contributed by atoms with E-state index >= 15 is 0 Å². The zero-order valence-electron chi connectivity index (χ0n) is 17.8. The van der Waals surface area contributed by atoms with E-state index in [-0.39, 0.29) is 22.4 Å². The summed E-state index contributed by atoms with van der Waals surface area (Å²) in [5.74, 6) is -0.152. The smallest absolute Gasteiger partial charge is 0.237 e. The number of anilines is 1. The van der Waals surface area contributed by atoms with Crippen LogP contribution in [0.15, 0.2) is 83.8 Å². The number of carbonyl (C=O) groups is 2. The molecule has 1 N–H and O–H groups in total. The SMILES string of the molecule is CC(Sc1ccccc1)C(=O)Nc1cccc(C(=O)c2ccc(C(C)(C)C)cc2)c1. The summed E-state index contributed by atoms with van der Waals surface area (Å²) in [6.07, 6.45) is 0. The van der Waals surface area contributed by atoms with E-state index in [9.17, 15) is 9.59 Å². The topological polar surface area (TPSA) is 46.2 Å². The molecule has 3 rings (SSSR count). The molecule has 0 saturated heterocycles. The predicted octanol–water partition coefficient (Wildman–Crippen LogP) is 6.33. The normalized spacial score (nSPS) is 12.3. The summed E-state index contributed by atoms with van der Waals surface area (Å²) in [5, 5.41) is 2.67. The van der Waals surface area contributed by atoms with Gasteiger partial charge in [-0.05, 0) is 42.2 Å². The van der Waals surface area contributed by atoms with Gasteiger partial charge in [0, 0.05) is 21.7 Å². The minimum Gasteiger partial charge on any atom is -0.325 e. The van der Waals surface area contributed by atoms with Crippen molar-refractivity contribution in [2.75, 3.05) is 5.32 Å². The van der Waals surface area contributed by atoms with Gasteiger partial charge < -0.3 is 5.32 Å². The van der Waals surface area contributed by atoms with Crippen LogP contribution in [0.25, 0.3) is 0 Å². The van der Waals surface area contributed by atoms with E-state index in [1.807, 2.05) is 61.5 Å². The number of benzene rings is 3. The van der Waals surface area contributed by atoms with Crippen LogP contribution in [0.5, 0.6) is 0 Å². The van der Waals surface area contributed by atoms with Crippen LogP contribution in [0.4, 0.5) is 5.69 Å². The van der Waals surface area contributed by atoms with Gasteiger partial charge >= 0.3 is 0 Å². The Balaban J connectivity index is 1.69. The second-order valence-corrected chi connectivity index (χ2v) is 9.71. The monoisotopic (exact) mass is 417 g/mol. The van der Waals surface area contributed by atoms with Crippen LogP contribution < -0.4 is 5.32 Å². The van der Waals surface area contributed by atoms with Crippen molar-refractivity contribution in [1.29, 1.82) is 0 Å². The van der Waals surface area contributed by atoms with Crippen LogP contribution in [0.3, 0.4) is 0 Å². The molecule has 0 bridgehead atoms. The number of carbonyl (C=O) groups excluding carboxylic acids is 2. The molecule has 0 aromatic heterocycles. The molecule has 4 heteroatoms. The molecular weight excluding hydrogens is 390 g/mol. The van der Waals surface area contributed by atoms with Crippen LogP contribution in [0.2, 0.25) is 0 Å². The lowest BCUT2D eigenvalue weighted by Crippen LogP contribution is -2.22. The van der Waals surface area contributed by atoms with Crippen molar-refractivity contribution in [3.05, 3.63) is 95.6 Å². The maximum absolute atomic E-state index is 12.9. The molecule has 3 aromatic rings. The second-order valence-electron chi connectivity index (χ2n) is 8.30. The van der Waals surface area contributed by atoms with Gasteiger partial charge in [0.1, 0.15) is 0 Å². The number of hydrogen-bond donors (Lipinski definition) is 1. The Morgan fingerprint density at radius 3 is 2.13 bits per heavy atom. The number of nitrogens with one attached hydrogen (secondary N) is 1. The number of thioether (sulfide) groups is 1. The molecular formula is C26H27NO2S. The molecule has 1 amide bonds. The molecule has 30 heavy (non-hydrogen) atoms. The van der Waals surface area contributed by atoms with Crippen LogP contribution in [0, 0.1) is 0 Å². The van der Waals surface area contributed by atoms with E-state index in [4.69, 9.17) is 0 Å². The first-order chi connectivity index (χ1) is 14.2. The van der Waals surface area contributed by atoms with E-state index in [1.165, 1.54) is 17.3 Å². The zero-order chi connectivity index (χ0) is 21.7. The maximum atomic E-state index is 12.9. The van der Waals surface area contributed by atoms with E-state index in [2.05, 4.69) is 26.1 Å². The lowest BCUT2D eigenvalue weighted by atomic mass is 9.86. The Hall–Kier alpha value is -2.85. The van der Waals surface area contributed by atoms with Crippen molar-refractivity contribution in [3.63, 3.8) is 0 Å². The number of ketones is 1. The zero-order valence-corrected chi connectivity index (χ0v) is 18.6. The van der Waals surface area contributed by atoms with Crippen LogP contribution in [-0.2, 0) is 10.2 Å². The van der Waals surface area contributed by atoms with Gasteiger partial charge in [0.15, 0.2) is 5.78 Å². The molecule has 0 radical (unpaired) electrons. The highest BCUT2D eigenvalue weighted by Gasteiger charge is 2.17. The van der Waals surface area contributed by atoms with Crippen molar-refractivity contribution in [2.24, 2.45) is 0 Å². The van der Waals surface area contributed by atoms with Gasteiger partial charge in [-0.25, -0.2) is 0 Å². The highest BCUT2D eigenvalue weighted by atomic mass is 32.2. The fraction of sp³-hybridized carbons (Fsp3) is 0.231. The molecule has 3 nitrogen and oxygen atoms in total. The standard InChI is InChI=1S/C26H27NO2S/c1-18(30-23-11-6-5-7-12-23)25(29)27-22-10-8-9-20(17-22)24(28)19-13-15-21(16-14-19)26(2,3)4/h5-18H,1-4H3,(H,27,29). The minimum atomic E-state index is -0.253. The maximum Gasteiger partial charge on any atom is 0.237 e. The van der Waals surface area contributed by atoms with Gasteiger partial charge in [-0.1, -0.05) is 75.4 Å². The number of hydrogen-bond acceptors (Lipinski definition) is 3. The second kappa shape index (κ2) is 9.31. The largest absolute Gasteiger partial charge is 0.325 e. The fourth-order valence-corrected chi connectivity index (χ4v) is 3.92. The van der Waals surface area contributed by atoms with Crippen molar-refractivity contribution >= 4 is 29.1 Å². The van der Waals surface area contributed by atoms with Crippen LogP contribution in [0.1, 0.15) is 49.2 Å². The predicted molar refractivity (Wildman–Crippen MR) is 125 cm³/mol. The van der Waals surface area contributed by atoms with E-state index in [0.29, 0.717) is 16.8 Å². The Morgan fingerprint density at radius 1 is 0.833 bits per heavy atom. The lowest BCUT2D eigenvalue weighted by Gasteiger charge is -2.19. The Kier molecular flexibility index (Phi) is 6.78. The van der Waals surface area contributed by atoms with Gasteiger partial charge in [-0.15, -0.1) is 11.8 Å². The van der Waals surface area contributed by atoms with Gasteiger partial charge in [0.25, 0.3) is 0 Å². The summed E-state index contributed by atoms with van der Waals surface area (Å²) in [7, 11) is 0. The van der Waals surface area contributed by atoms with Gasteiger partial charge in [0.05, 0.1) is 5.25 Å². The third-order valence-corrected chi connectivity index (χ3v) is 5.94. The Labute approximate surface area is 182 Å². The van der Waals surface area contributed by atoms with Gasteiger partial charge in [-0.2, -0.15) is 0 Å². The third-order valence-electron chi connectivity index (χ3n) is 4.83. The van der Waals surface area contributed by atoms with Crippen molar-refractivity contribution < 1.29 is 9.59 Å². The lowest BCUT2D eigenvalue weighted by molar-refractivity contribution is -0.115. The molecule has 0 aliphatic carbocycles. The van der Waals surface area contributed by atoms with Crippen molar-refractivity contribution in [2.45, 2.75) is 43.3 Å². The summed E-state index contributed by atoms with van der Waals surface area (Å²) < 4.78 is 0. The summed E-state index contributed by atoms with van der Waals surface area (Å²) in [6, 6.07) is 24.7. The first-order valence-corrected chi connectivity index (χ1v) is 10.9. The van der Waals surface area contributed by atoms with Crippen LogP contribution >= 0.6 is 11.8 Å². The highest BCUT2D eigenvalue weighted by Crippen LogP contribution is 2.25. The average molecular weight is 418 g/mol. The summed E-state index contributed by atoms with van der Waals surface area (Å²) >= 11 is 1.50. The molecule has 0 saturated carbocycles. The molecule has 0 fully saturated rings. The van der Waals surface area contributed by atoms with Crippen molar-refractivity contribution in [3.8, 4) is 0 Å². The quantitative estimate of drug-likeness (QED) is 0.376. The first kappa shape index (κ1) is 21.8. The molecule has 3 aromatic carbocycles. The molecule has 154 valence electrons. The van der Waals surface area contributed by atoms with E-state index in [1.54, 1.807) is 24.3 Å². The summed E-state index contributed by atoms with van der Waals surface area (Å²) in [4.78, 5) is 26.5. The third kappa shape index (κ3) is 5.61. The average Bonchev–Trinajstić information content (AvgIpc) is 2.73. The molecule has 1 unspecified atom stereocenters. The molecule has 1 atom stereocenters. The number of amides is 1. The summed E-state index contributed by atoms with van der Waals surface area (Å²) in [5.41, 5.74) is 3.04. The molecule has 0 spiro atoms. The van der Waals surface area contributed by atoms with Crippen LogP contribution in [-0.4, -0.2) is 16.9 Å². The molecule has 0 aliphatic rings. The van der Waals surface area contributed by atoms with Crippen molar-refractivity contribution in [1.82, 2.24) is 0 Å². The van der Waals surface area contributed by atoms with E-state index < -0.39 is 0 Å². The Bertz CT molecular complexity index is 1020. The summed E-state index contributed by atoms with van der Waals surface area (Å²) in [6.45, 7) is 8.31. The highest BCUT2D eigenvalue weighted by molar-refractivity contribution is 8.00. The molecule has 0 aliphatic heterocycles. The first-order valence-electron chi connectivity index (χ1n) is 10.0. The van der Waals surface area contributed by atoms with Gasteiger partial charge in [0.2, 0.25) is 5.91 Å². The van der Waals surface area contributed by atoms with Gasteiger partial charge in [-0.3, -0.25) is 9.59 Å². The Morgan fingerprint density at radius 2 is 1.50 bits per heavy atom. The molecule has 0 heterocycles. The number of rotatable bonds is 6.